The molecule has 6 atom stereocenters. The fourth-order valence-corrected chi connectivity index (χ4v) is 14.0. The Balaban J connectivity index is 5.09. The number of phosphoric ester groups is 2. The van der Waals surface area contributed by atoms with Crippen LogP contribution in [0.4, 0.5) is 0 Å². The van der Waals surface area contributed by atoms with Gasteiger partial charge in [0.25, 0.3) is 0 Å². The Labute approximate surface area is 607 Å². The van der Waals surface area contributed by atoms with E-state index in [1.807, 2.05) is 0 Å². The number of carbonyl (C=O) groups excluding carboxylic acids is 4. The predicted octanol–water partition coefficient (Wildman–Crippen LogP) is 24.0. The Morgan fingerprint density at radius 3 is 0.717 bits per heavy atom. The van der Waals surface area contributed by atoms with Crippen LogP contribution in [-0.4, -0.2) is 96.7 Å². The van der Waals surface area contributed by atoms with E-state index in [0.29, 0.717) is 25.7 Å². The number of unbranched alkanes of at least 4 members (excludes halogenated alkanes) is 51. The van der Waals surface area contributed by atoms with E-state index in [1.165, 1.54) is 244 Å². The molecule has 0 rings (SSSR count). The standard InChI is InChI=1S/C80H156O17P2/c1-6-10-13-16-18-20-22-23-24-25-26-27-28-32-35-38-42-45-49-54-59-64-78(83)91-70-76(97-80(85)66-61-56-51-47-43-39-36-33-30-29-31-34-37-41-44-48-53-57-62-73(5)9-4)72-95-99(88,89)93-68-74(81)67-92-98(86,87)94-71-75(69-90-77(82)63-58-52-15-12-8-3)96-79(84)65-60-55-50-46-40-21-19-17-14-11-7-2/h73-76,81H,6-72H2,1-5H3,(H,86,87)(H,88,89)/t73?,74-,75+,76+/m0/s1. The van der Waals surface area contributed by atoms with Crippen molar-refractivity contribution in [2.24, 2.45) is 5.92 Å². The minimum Gasteiger partial charge on any atom is -0.462 e. The number of hydrogen-bond acceptors (Lipinski definition) is 15. The first-order valence-corrected chi connectivity index (χ1v) is 44.7. The molecule has 0 aliphatic carbocycles. The molecule has 0 bridgehead atoms. The van der Waals surface area contributed by atoms with Crippen LogP contribution in [0.3, 0.4) is 0 Å². The molecule has 0 amide bonds. The molecule has 0 aromatic heterocycles. The molecule has 19 heteroatoms. The average Bonchev–Trinajstić information content (AvgIpc) is 1.71. The first-order valence-electron chi connectivity index (χ1n) is 41.7. The zero-order valence-electron chi connectivity index (χ0n) is 64.6. The van der Waals surface area contributed by atoms with Crippen molar-refractivity contribution in [3.8, 4) is 0 Å². The highest BCUT2D eigenvalue weighted by atomic mass is 31.2. The van der Waals surface area contributed by atoms with Crippen LogP contribution in [0.2, 0.25) is 0 Å². The second-order valence-corrected chi connectivity index (χ2v) is 32.0. The third kappa shape index (κ3) is 72.8. The minimum absolute atomic E-state index is 0.106. The van der Waals surface area contributed by atoms with Gasteiger partial charge in [0.2, 0.25) is 0 Å². The summed E-state index contributed by atoms with van der Waals surface area (Å²) in [5.74, 6) is -1.25. The highest BCUT2D eigenvalue weighted by Gasteiger charge is 2.30. The number of ether oxygens (including phenoxy) is 4. The van der Waals surface area contributed by atoms with Crippen molar-refractivity contribution < 1.29 is 80.2 Å². The van der Waals surface area contributed by atoms with Crippen molar-refractivity contribution >= 4 is 39.5 Å². The lowest BCUT2D eigenvalue weighted by Gasteiger charge is -2.21. The maximum atomic E-state index is 13.1. The molecule has 0 aliphatic rings. The van der Waals surface area contributed by atoms with Gasteiger partial charge in [0, 0.05) is 25.7 Å². The van der Waals surface area contributed by atoms with Gasteiger partial charge in [-0.25, -0.2) is 9.13 Å². The van der Waals surface area contributed by atoms with E-state index >= 15 is 0 Å². The summed E-state index contributed by atoms with van der Waals surface area (Å²) in [4.78, 5) is 72.6. The summed E-state index contributed by atoms with van der Waals surface area (Å²) in [6.07, 6.45) is 64.4. The molecule has 0 spiro atoms. The van der Waals surface area contributed by atoms with Gasteiger partial charge in [-0.2, -0.15) is 0 Å². The maximum absolute atomic E-state index is 13.1. The quantitative estimate of drug-likeness (QED) is 0.0222. The van der Waals surface area contributed by atoms with Crippen LogP contribution in [0.15, 0.2) is 0 Å². The SMILES string of the molecule is CCCCCCCCCCCCCCCCCCCCCCCC(=O)OC[C@H](COP(=O)(O)OC[C@@H](O)COP(=O)(O)OC[C@@H](COC(=O)CCCCCCC)OC(=O)CCCCCCCCCCCCC)OC(=O)CCCCCCCCCCCCCCCCCCCCC(C)CC. The van der Waals surface area contributed by atoms with Crippen molar-refractivity contribution in [3.05, 3.63) is 0 Å². The molecule has 588 valence electrons. The average molecular weight is 1450 g/mol. The van der Waals surface area contributed by atoms with Crippen LogP contribution in [0.5, 0.6) is 0 Å². The van der Waals surface area contributed by atoms with Gasteiger partial charge in [-0.3, -0.25) is 37.3 Å². The van der Waals surface area contributed by atoms with E-state index in [4.69, 9.17) is 37.0 Å². The molecule has 17 nitrogen and oxygen atoms in total. The molecule has 0 radical (unpaired) electrons. The van der Waals surface area contributed by atoms with Gasteiger partial charge in [0.05, 0.1) is 26.4 Å². The van der Waals surface area contributed by atoms with Gasteiger partial charge < -0.3 is 33.8 Å². The lowest BCUT2D eigenvalue weighted by atomic mass is 9.99. The molecule has 0 aromatic rings. The van der Waals surface area contributed by atoms with Crippen LogP contribution in [0, 0.1) is 5.92 Å². The molecule has 0 aromatic carbocycles. The van der Waals surface area contributed by atoms with Crippen molar-refractivity contribution in [1.82, 2.24) is 0 Å². The Kier molecular flexibility index (Phi) is 71.6. The smallest absolute Gasteiger partial charge is 0.462 e. The number of aliphatic hydroxyl groups is 1. The van der Waals surface area contributed by atoms with Crippen molar-refractivity contribution in [3.63, 3.8) is 0 Å². The monoisotopic (exact) mass is 1450 g/mol. The zero-order valence-corrected chi connectivity index (χ0v) is 66.4. The van der Waals surface area contributed by atoms with E-state index < -0.39 is 97.5 Å². The highest BCUT2D eigenvalue weighted by Crippen LogP contribution is 2.45. The Hall–Kier alpha value is -1.94. The fraction of sp³-hybridized carbons (Fsp3) is 0.950. The topological polar surface area (TPSA) is 237 Å². The summed E-state index contributed by atoms with van der Waals surface area (Å²) < 4.78 is 68.4. The molecule has 0 fully saturated rings. The number of carbonyl (C=O) groups is 4. The fourth-order valence-electron chi connectivity index (χ4n) is 12.4. The van der Waals surface area contributed by atoms with E-state index in [9.17, 15) is 43.2 Å². The summed E-state index contributed by atoms with van der Waals surface area (Å²) in [7, 11) is -9.90. The summed E-state index contributed by atoms with van der Waals surface area (Å²) in [5, 5.41) is 10.6. The summed E-state index contributed by atoms with van der Waals surface area (Å²) in [6.45, 7) is 7.28. The lowest BCUT2D eigenvalue weighted by molar-refractivity contribution is -0.161. The molecule has 0 aliphatic heterocycles. The number of hydrogen-bond donors (Lipinski definition) is 3. The normalized spacial score (nSPS) is 14.1. The summed E-state index contributed by atoms with van der Waals surface area (Å²) in [6, 6.07) is 0. The van der Waals surface area contributed by atoms with Crippen LogP contribution in [-0.2, 0) is 65.4 Å². The van der Waals surface area contributed by atoms with Gasteiger partial charge in [-0.1, -0.05) is 375 Å². The molecule has 0 saturated carbocycles. The molecule has 3 N–H and O–H groups in total. The van der Waals surface area contributed by atoms with Crippen LogP contribution in [0.1, 0.15) is 426 Å². The molecular weight excluding hydrogens is 1290 g/mol. The van der Waals surface area contributed by atoms with Gasteiger partial charge in [-0.05, 0) is 31.6 Å². The van der Waals surface area contributed by atoms with Crippen molar-refractivity contribution in [1.29, 1.82) is 0 Å². The van der Waals surface area contributed by atoms with Gasteiger partial charge in [0.15, 0.2) is 12.2 Å². The molecule has 0 saturated heterocycles. The van der Waals surface area contributed by atoms with Gasteiger partial charge in [0.1, 0.15) is 19.3 Å². The largest absolute Gasteiger partial charge is 0.472 e. The first-order chi connectivity index (χ1) is 48.1. The zero-order chi connectivity index (χ0) is 72.7. The second kappa shape index (κ2) is 73.0. The van der Waals surface area contributed by atoms with Crippen LogP contribution >= 0.6 is 15.6 Å². The third-order valence-electron chi connectivity index (χ3n) is 19.1. The van der Waals surface area contributed by atoms with Gasteiger partial charge in [-0.15, -0.1) is 0 Å². The van der Waals surface area contributed by atoms with E-state index in [-0.39, 0.29) is 25.7 Å². The molecule has 0 heterocycles. The highest BCUT2D eigenvalue weighted by molar-refractivity contribution is 7.47. The number of rotatable bonds is 80. The Morgan fingerprint density at radius 2 is 0.485 bits per heavy atom. The Morgan fingerprint density at radius 1 is 0.283 bits per heavy atom. The number of esters is 4. The number of phosphoric acid groups is 2. The molecular formula is C80H156O17P2. The third-order valence-corrected chi connectivity index (χ3v) is 21.0. The molecule has 99 heavy (non-hydrogen) atoms. The van der Waals surface area contributed by atoms with Crippen molar-refractivity contribution in [2.75, 3.05) is 39.6 Å². The summed E-state index contributed by atoms with van der Waals surface area (Å²) >= 11 is 0. The van der Waals surface area contributed by atoms with Gasteiger partial charge >= 0.3 is 39.5 Å². The minimum atomic E-state index is -4.96. The van der Waals surface area contributed by atoms with Crippen molar-refractivity contribution in [2.45, 2.75) is 445 Å². The maximum Gasteiger partial charge on any atom is 0.472 e. The number of aliphatic hydroxyl groups excluding tert-OH is 1. The second-order valence-electron chi connectivity index (χ2n) is 29.1. The molecule has 3 unspecified atom stereocenters. The van der Waals surface area contributed by atoms with E-state index in [0.717, 1.165) is 102 Å². The van der Waals surface area contributed by atoms with Crippen LogP contribution < -0.4 is 0 Å². The summed E-state index contributed by atoms with van der Waals surface area (Å²) in [5.41, 5.74) is 0. The predicted molar refractivity (Wildman–Crippen MR) is 405 cm³/mol. The van der Waals surface area contributed by atoms with E-state index in [1.54, 1.807) is 0 Å². The van der Waals surface area contributed by atoms with Crippen LogP contribution in [0.25, 0.3) is 0 Å². The van der Waals surface area contributed by atoms with E-state index in [2.05, 4.69) is 34.6 Å². The lowest BCUT2D eigenvalue weighted by Crippen LogP contribution is -2.30. The first kappa shape index (κ1) is 97.1. The Bertz CT molecular complexity index is 1890.